The highest BCUT2D eigenvalue weighted by Crippen LogP contribution is 2.35. The lowest BCUT2D eigenvalue weighted by Gasteiger charge is -2.24. The summed E-state index contributed by atoms with van der Waals surface area (Å²) in [4.78, 5) is 24.3. The number of alkyl halides is 3. The van der Waals surface area contributed by atoms with Crippen LogP contribution in [0.1, 0.15) is 13.8 Å². The number of halogens is 4. The Kier molecular flexibility index (Phi) is 6.38. The molecular formula is C21H19ClF3N7O3. The van der Waals surface area contributed by atoms with Gasteiger partial charge in [-0.15, -0.1) is 0 Å². The summed E-state index contributed by atoms with van der Waals surface area (Å²) in [5.74, 6) is -2.65. The summed E-state index contributed by atoms with van der Waals surface area (Å²) in [6.07, 6.45) is -3.61. The molecule has 4 aromatic rings. The number of pyridine rings is 1. The van der Waals surface area contributed by atoms with Crippen LogP contribution in [0.25, 0.3) is 33.8 Å². The molecule has 35 heavy (non-hydrogen) atoms. The molecule has 3 N–H and O–H groups in total. The zero-order valence-corrected chi connectivity index (χ0v) is 19.2. The standard InChI is InChI=1S/C21H19ClF3N7O3/c1-20(2,9-26)10-32-13-6-7-27-14(11-4-3-5-12(22)8-11)15(13)28-18(32)16-17(31-35-29-16)30-34-19(33)21(23,24)25/h3-8H,9-10,26H2,1-2H3,(H,30,31). The lowest BCUT2D eigenvalue weighted by Crippen LogP contribution is -2.29. The monoisotopic (exact) mass is 509 g/mol. The Morgan fingerprint density at radius 3 is 2.69 bits per heavy atom. The molecule has 3 aromatic heterocycles. The van der Waals surface area contributed by atoms with Gasteiger partial charge < -0.3 is 15.1 Å². The van der Waals surface area contributed by atoms with Gasteiger partial charge in [0.1, 0.15) is 5.52 Å². The molecule has 0 bridgehead atoms. The van der Waals surface area contributed by atoms with E-state index < -0.39 is 17.6 Å². The predicted molar refractivity (Wildman–Crippen MR) is 120 cm³/mol. The quantitative estimate of drug-likeness (QED) is 0.351. The SMILES string of the molecule is CC(C)(CN)Cn1c(-c2nonc2NOC(=O)C(F)(F)F)nc2c(-c3cccc(Cl)c3)nccc21. The summed E-state index contributed by atoms with van der Waals surface area (Å²) in [6.45, 7) is 4.55. The highest BCUT2D eigenvalue weighted by Gasteiger charge is 2.42. The van der Waals surface area contributed by atoms with Gasteiger partial charge in [-0.2, -0.15) is 18.7 Å². The topological polar surface area (TPSA) is 134 Å². The number of hydrogen-bond donors (Lipinski definition) is 2. The first-order valence-corrected chi connectivity index (χ1v) is 10.6. The summed E-state index contributed by atoms with van der Waals surface area (Å²) >= 11 is 6.15. The largest absolute Gasteiger partial charge is 0.493 e. The minimum atomic E-state index is -5.21. The van der Waals surface area contributed by atoms with Gasteiger partial charge in [-0.05, 0) is 40.5 Å². The first-order chi connectivity index (χ1) is 16.5. The van der Waals surface area contributed by atoms with Crippen molar-refractivity contribution in [1.29, 1.82) is 0 Å². The van der Waals surface area contributed by atoms with Crippen LogP contribution in [0.3, 0.4) is 0 Å². The zero-order chi connectivity index (χ0) is 25.4. The molecule has 0 amide bonds. The maximum atomic E-state index is 12.5. The molecule has 0 saturated carbocycles. The first-order valence-electron chi connectivity index (χ1n) is 10.2. The van der Waals surface area contributed by atoms with Crippen LogP contribution in [-0.4, -0.2) is 43.5 Å². The van der Waals surface area contributed by atoms with Gasteiger partial charge in [0.05, 0.1) is 11.2 Å². The van der Waals surface area contributed by atoms with Gasteiger partial charge in [0, 0.05) is 23.3 Å². The van der Waals surface area contributed by atoms with Crippen molar-refractivity contribution in [2.24, 2.45) is 11.1 Å². The van der Waals surface area contributed by atoms with Crippen molar-refractivity contribution in [1.82, 2.24) is 24.8 Å². The number of fused-ring (bicyclic) bond motifs is 1. The lowest BCUT2D eigenvalue weighted by atomic mass is 9.93. The van der Waals surface area contributed by atoms with Crippen molar-refractivity contribution in [2.75, 3.05) is 12.0 Å². The number of nitrogens with zero attached hydrogens (tertiary/aromatic N) is 5. The molecule has 0 fully saturated rings. The predicted octanol–water partition coefficient (Wildman–Crippen LogP) is 4.22. The number of imidazole rings is 1. The van der Waals surface area contributed by atoms with E-state index in [9.17, 15) is 18.0 Å². The minimum Gasteiger partial charge on any atom is -0.333 e. The van der Waals surface area contributed by atoms with Crippen molar-refractivity contribution in [3.63, 3.8) is 0 Å². The summed E-state index contributed by atoms with van der Waals surface area (Å²) in [5, 5.41) is 7.79. The number of anilines is 1. The van der Waals surface area contributed by atoms with Gasteiger partial charge in [-0.3, -0.25) is 4.98 Å². The van der Waals surface area contributed by atoms with E-state index >= 15 is 0 Å². The second-order valence-electron chi connectivity index (χ2n) is 8.38. The highest BCUT2D eigenvalue weighted by molar-refractivity contribution is 6.30. The Balaban J connectivity index is 1.86. The Morgan fingerprint density at radius 2 is 2.00 bits per heavy atom. The fraction of sp³-hybridized carbons (Fsp3) is 0.286. The van der Waals surface area contributed by atoms with Crippen LogP contribution >= 0.6 is 11.6 Å². The third-order valence-electron chi connectivity index (χ3n) is 5.08. The maximum Gasteiger partial charge on any atom is 0.493 e. The molecule has 0 atom stereocenters. The number of nitrogens with two attached hydrogens (primary N) is 1. The van der Waals surface area contributed by atoms with Crippen LogP contribution in [0.2, 0.25) is 5.02 Å². The van der Waals surface area contributed by atoms with E-state index in [1.807, 2.05) is 25.4 Å². The number of benzene rings is 1. The molecule has 1 aromatic carbocycles. The van der Waals surface area contributed by atoms with E-state index in [-0.39, 0.29) is 17.3 Å². The van der Waals surface area contributed by atoms with Crippen molar-refractivity contribution >= 4 is 34.4 Å². The molecule has 0 radical (unpaired) electrons. The Hall–Kier alpha value is -3.71. The van der Waals surface area contributed by atoms with E-state index in [0.29, 0.717) is 40.4 Å². The van der Waals surface area contributed by atoms with Crippen LogP contribution in [0.4, 0.5) is 19.0 Å². The van der Waals surface area contributed by atoms with Gasteiger partial charge >= 0.3 is 12.1 Å². The van der Waals surface area contributed by atoms with Crippen LogP contribution in [0, 0.1) is 5.41 Å². The normalized spacial score (nSPS) is 12.2. The van der Waals surface area contributed by atoms with Crippen LogP contribution < -0.4 is 11.2 Å². The molecule has 0 aliphatic rings. The van der Waals surface area contributed by atoms with Crippen molar-refractivity contribution in [3.8, 4) is 22.8 Å². The summed E-state index contributed by atoms with van der Waals surface area (Å²) in [6, 6.07) is 8.77. The van der Waals surface area contributed by atoms with Gasteiger partial charge in [0.15, 0.2) is 11.5 Å². The van der Waals surface area contributed by atoms with Crippen LogP contribution in [0.15, 0.2) is 41.2 Å². The molecule has 0 saturated heterocycles. The van der Waals surface area contributed by atoms with E-state index in [0.717, 1.165) is 0 Å². The second kappa shape index (κ2) is 9.15. The molecule has 14 heteroatoms. The average molecular weight is 510 g/mol. The molecule has 3 heterocycles. The number of carbonyl (C=O) groups excluding carboxylic acids is 1. The Morgan fingerprint density at radius 1 is 1.23 bits per heavy atom. The van der Waals surface area contributed by atoms with Gasteiger partial charge in [0.25, 0.3) is 0 Å². The number of carbonyl (C=O) groups is 1. The third-order valence-corrected chi connectivity index (χ3v) is 5.31. The molecule has 4 rings (SSSR count). The average Bonchev–Trinajstić information content (AvgIpc) is 3.41. The Bertz CT molecular complexity index is 1380. The van der Waals surface area contributed by atoms with E-state index in [4.69, 9.17) is 22.0 Å². The highest BCUT2D eigenvalue weighted by atomic mass is 35.5. The number of aromatic nitrogens is 5. The van der Waals surface area contributed by atoms with Gasteiger partial charge in [-0.1, -0.05) is 37.6 Å². The number of hydrogen-bond acceptors (Lipinski definition) is 9. The maximum absolute atomic E-state index is 12.5. The summed E-state index contributed by atoms with van der Waals surface area (Å²) in [5.41, 5.74) is 9.64. The fourth-order valence-electron chi connectivity index (χ4n) is 3.29. The smallest absolute Gasteiger partial charge is 0.333 e. The molecule has 0 aliphatic carbocycles. The first kappa shape index (κ1) is 24.4. The molecule has 0 spiro atoms. The second-order valence-corrected chi connectivity index (χ2v) is 8.81. The molecule has 0 unspecified atom stereocenters. The molecule has 0 aliphatic heterocycles. The van der Waals surface area contributed by atoms with E-state index in [1.54, 1.807) is 35.0 Å². The van der Waals surface area contributed by atoms with Crippen molar-refractivity contribution in [2.45, 2.75) is 26.6 Å². The fourth-order valence-corrected chi connectivity index (χ4v) is 3.48. The third kappa shape index (κ3) is 5.05. The van der Waals surface area contributed by atoms with Crippen LogP contribution in [-0.2, 0) is 16.2 Å². The Labute approximate surface area is 201 Å². The summed E-state index contributed by atoms with van der Waals surface area (Å²) < 4.78 is 44.1. The van der Waals surface area contributed by atoms with Crippen molar-refractivity contribution < 1.29 is 27.4 Å². The van der Waals surface area contributed by atoms with Crippen LogP contribution in [0.5, 0.6) is 0 Å². The van der Waals surface area contributed by atoms with E-state index in [2.05, 4.69) is 25.1 Å². The lowest BCUT2D eigenvalue weighted by molar-refractivity contribution is -0.196. The van der Waals surface area contributed by atoms with Gasteiger partial charge in [0.2, 0.25) is 5.82 Å². The number of rotatable bonds is 7. The molecule has 184 valence electrons. The molecular weight excluding hydrogens is 491 g/mol. The minimum absolute atomic E-state index is 0.0824. The van der Waals surface area contributed by atoms with Crippen molar-refractivity contribution in [3.05, 3.63) is 41.6 Å². The number of nitrogens with one attached hydrogen (secondary N) is 1. The zero-order valence-electron chi connectivity index (χ0n) is 18.4. The summed E-state index contributed by atoms with van der Waals surface area (Å²) in [7, 11) is 0. The molecule has 10 nitrogen and oxygen atoms in total. The van der Waals surface area contributed by atoms with Gasteiger partial charge in [-0.25, -0.2) is 14.4 Å². The van der Waals surface area contributed by atoms with E-state index in [1.165, 1.54) is 0 Å².